The van der Waals surface area contributed by atoms with E-state index in [9.17, 15) is 0 Å². The first-order valence-electron chi connectivity index (χ1n) is 7.13. The lowest BCUT2D eigenvalue weighted by Crippen LogP contribution is -2.28. The summed E-state index contributed by atoms with van der Waals surface area (Å²) in [6.45, 7) is 20.6. The molecule has 0 aromatic heterocycles. The van der Waals surface area contributed by atoms with Crippen molar-refractivity contribution in [2.24, 2.45) is 0 Å². The van der Waals surface area contributed by atoms with E-state index in [1.54, 1.807) is 0 Å². The van der Waals surface area contributed by atoms with Crippen LogP contribution in [0.25, 0.3) is 0 Å². The molecule has 0 amide bonds. The zero-order valence-corrected chi connectivity index (χ0v) is 15.0. The van der Waals surface area contributed by atoms with Crippen molar-refractivity contribution in [1.82, 2.24) is 0 Å². The Bertz CT molecular complexity index is 462. The fraction of sp³-hybridized carbons (Fsp3) is 0.667. The van der Waals surface area contributed by atoms with Gasteiger partial charge in [0.1, 0.15) is 0 Å². The molecular weight excluding hydrogens is 248 g/mol. The van der Waals surface area contributed by atoms with E-state index in [2.05, 4.69) is 74.4 Å². The zero-order valence-electron chi connectivity index (χ0n) is 14.1. The van der Waals surface area contributed by atoms with Gasteiger partial charge in [-0.15, -0.1) is 12.6 Å². The van der Waals surface area contributed by atoms with Gasteiger partial charge in [-0.1, -0.05) is 68.4 Å². The maximum absolute atomic E-state index is 4.74. The molecule has 19 heavy (non-hydrogen) atoms. The van der Waals surface area contributed by atoms with Crippen LogP contribution >= 0.6 is 12.6 Å². The predicted octanol–water partition coefficient (Wildman–Crippen LogP) is 5.87. The monoisotopic (exact) mass is 278 g/mol. The molecule has 0 nitrogen and oxygen atoms in total. The molecule has 0 saturated heterocycles. The smallest absolute Gasteiger partial charge is 0.00805 e. The third-order valence-corrected chi connectivity index (χ3v) is 3.86. The quantitative estimate of drug-likeness (QED) is 0.564. The molecule has 0 heterocycles. The van der Waals surface area contributed by atoms with Crippen molar-refractivity contribution in [3.05, 3.63) is 28.8 Å². The van der Waals surface area contributed by atoms with Crippen molar-refractivity contribution in [2.45, 2.75) is 83.5 Å². The van der Waals surface area contributed by atoms with Crippen LogP contribution in [0, 0.1) is 0 Å². The van der Waals surface area contributed by atoms with Gasteiger partial charge in [0.15, 0.2) is 0 Å². The molecule has 0 aliphatic carbocycles. The minimum atomic E-state index is 0.112. The summed E-state index contributed by atoms with van der Waals surface area (Å²) in [7, 11) is 0. The van der Waals surface area contributed by atoms with Gasteiger partial charge in [-0.25, -0.2) is 0 Å². The number of thiol groups is 1. The van der Waals surface area contributed by atoms with Crippen LogP contribution < -0.4 is 0 Å². The first-order chi connectivity index (χ1) is 8.26. The normalized spacial score (nSPS) is 13.8. The largest absolute Gasteiger partial charge is 0.143 e. The number of hydrogen-bond donors (Lipinski definition) is 1. The minimum absolute atomic E-state index is 0.112. The molecule has 0 bridgehead atoms. The third-order valence-electron chi connectivity index (χ3n) is 3.49. The Morgan fingerprint density at radius 3 is 1.37 bits per heavy atom. The summed E-state index contributed by atoms with van der Waals surface area (Å²) in [6, 6.07) is 4.43. The lowest BCUT2D eigenvalue weighted by molar-refractivity contribution is 0.491. The minimum Gasteiger partial charge on any atom is -0.143 e. The van der Waals surface area contributed by atoms with E-state index >= 15 is 0 Å². The van der Waals surface area contributed by atoms with Crippen molar-refractivity contribution in [3.8, 4) is 0 Å². The summed E-state index contributed by atoms with van der Waals surface area (Å²) >= 11 is 4.74. The molecule has 0 N–H and O–H groups in total. The summed E-state index contributed by atoms with van der Waals surface area (Å²) in [5.41, 5.74) is 4.72. The Morgan fingerprint density at radius 1 is 0.632 bits per heavy atom. The Morgan fingerprint density at radius 2 is 1.05 bits per heavy atom. The second-order valence-corrected chi connectivity index (χ2v) is 9.11. The summed E-state index contributed by atoms with van der Waals surface area (Å²) in [5.74, 6) is 0. The van der Waals surface area contributed by atoms with Crippen LogP contribution in [0.1, 0.15) is 79.0 Å². The van der Waals surface area contributed by atoms with Gasteiger partial charge in [0.25, 0.3) is 0 Å². The van der Waals surface area contributed by atoms with E-state index < -0.39 is 0 Å². The van der Waals surface area contributed by atoms with Gasteiger partial charge in [0, 0.05) is 4.90 Å². The van der Waals surface area contributed by atoms with Crippen LogP contribution in [0.3, 0.4) is 0 Å². The second kappa shape index (κ2) is 4.84. The number of benzene rings is 1. The predicted molar refractivity (Wildman–Crippen MR) is 89.8 cm³/mol. The highest BCUT2D eigenvalue weighted by atomic mass is 32.1. The molecule has 0 unspecified atom stereocenters. The van der Waals surface area contributed by atoms with Crippen LogP contribution in [-0.4, -0.2) is 0 Å². The van der Waals surface area contributed by atoms with Crippen molar-refractivity contribution in [1.29, 1.82) is 0 Å². The van der Waals surface area contributed by atoms with Crippen LogP contribution in [0.5, 0.6) is 0 Å². The lowest BCUT2D eigenvalue weighted by Gasteiger charge is -2.37. The van der Waals surface area contributed by atoms with Crippen LogP contribution in [-0.2, 0) is 16.2 Å². The van der Waals surface area contributed by atoms with Gasteiger partial charge in [-0.05, 0) is 39.0 Å². The topological polar surface area (TPSA) is 0 Å². The molecule has 0 radical (unpaired) electrons. The fourth-order valence-corrected chi connectivity index (χ4v) is 3.28. The maximum atomic E-state index is 4.74. The van der Waals surface area contributed by atoms with Crippen molar-refractivity contribution >= 4 is 12.6 Å². The van der Waals surface area contributed by atoms with Gasteiger partial charge in [-0.2, -0.15) is 0 Å². The Hall–Kier alpha value is -0.430. The molecule has 0 fully saturated rings. The molecule has 1 heteroatoms. The lowest BCUT2D eigenvalue weighted by atomic mass is 9.69. The molecule has 0 aliphatic heterocycles. The van der Waals surface area contributed by atoms with Gasteiger partial charge in [0.05, 0.1) is 0 Å². The fourth-order valence-electron chi connectivity index (χ4n) is 2.75. The first kappa shape index (κ1) is 16.6. The van der Waals surface area contributed by atoms with Crippen LogP contribution in [0.4, 0.5) is 0 Å². The Kier molecular flexibility index (Phi) is 4.23. The van der Waals surface area contributed by atoms with Gasteiger partial charge < -0.3 is 0 Å². The summed E-state index contributed by atoms with van der Waals surface area (Å²) in [4.78, 5) is 1.12. The van der Waals surface area contributed by atoms with E-state index in [0.717, 1.165) is 4.90 Å². The molecule has 0 atom stereocenters. The molecule has 0 aliphatic rings. The van der Waals surface area contributed by atoms with Crippen molar-refractivity contribution in [2.75, 3.05) is 0 Å². The molecule has 1 aromatic rings. The number of hydrogen-bond acceptors (Lipinski definition) is 1. The van der Waals surface area contributed by atoms with E-state index in [1.165, 1.54) is 16.7 Å². The number of rotatable bonds is 0. The molecule has 1 aromatic carbocycles. The van der Waals surface area contributed by atoms with Gasteiger partial charge in [0.2, 0.25) is 0 Å². The van der Waals surface area contributed by atoms with Gasteiger partial charge >= 0.3 is 0 Å². The van der Waals surface area contributed by atoms with E-state index in [-0.39, 0.29) is 16.2 Å². The SMILES string of the molecule is CC(C)(C)c1ccc(S)c(C(C)(C)C)c1C(C)(C)C. The van der Waals surface area contributed by atoms with Crippen molar-refractivity contribution < 1.29 is 0 Å². The average Bonchev–Trinajstić information content (AvgIpc) is 2.11. The molecule has 0 spiro atoms. The maximum Gasteiger partial charge on any atom is 0.00805 e. The van der Waals surface area contributed by atoms with Crippen LogP contribution in [0.2, 0.25) is 0 Å². The average molecular weight is 279 g/mol. The molecule has 0 saturated carbocycles. The Labute approximate surface area is 125 Å². The molecule has 108 valence electrons. The third kappa shape index (κ3) is 3.56. The van der Waals surface area contributed by atoms with Gasteiger partial charge in [-0.3, -0.25) is 0 Å². The van der Waals surface area contributed by atoms with E-state index in [4.69, 9.17) is 12.6 Å². The Balaban J connectivity index is 3.82. The standard InChI is InChI=1S/C18H30S/c1-16(2,3)12-10-11-13(19)15(18(7,8)9)14(12)17(4,5)6/h10-11,19H,1-9H3. The molecular formula is C18H30S. The summed E-state index contributed by atoms with van der Waals surface area (Å²) < 4.78 is 0. The molecule has 1 rings (SSSR count). The summed E-state index contributed by atoms with van der Waals surface area (Å²) in [5, 5.41) is 0. The van der Waals surface area contributed by atoms with Crippen LogP contribution in [0.15, 0.2) is 17.0 Å². The van der Waals surface area contributed by atoms with E-state index in [1.807, 2.05) is 0 Å². The van der Waals surface area contributed by atoms with E-state index in [0.29, 0.717) is 0 Å². The summed E-state index contributed by atoms with van der Waals surface area (Å²) in [6.07, 6.45) is 0. The highest BCUT2D eigenvalue weighted by Gasteiger charge is 2.32. The van der Waals surface area contributed by atoms with Crippen molar-refractivity contribution in [3.63, 3.8) is 0 Å². The highest BCUT2D eigenvalue weighted by Crippen LogP contribution is 2.43. The zero-order chi connectivity index (χ0) is 15.2. The second-order valence-electron chi connectivity index (χ2n) is 8.63. The first-order valence-corrected chi connectivity index (χ1v) is 7.58. The highest BCUT2D eigenvalue weighted by molar-refractivity contribution is 7.80.